The maximum Gasteiger partial charge on any atom is 0.238 e. The zero-order valence-corrected chi connectivity index (χ0v) is 9.08. The van der Waals surface area contributed by atoms with Gasteiger partial charge in [-0.15, -0.1) is 0 Å². The minimum Gasteiger partial charge on any atom is -0.486 e. The predicted molar refractivity (Wildman–Crippen MR) is 60.0 cm³/mol. The number of fused-ring (bicyclic) bond motifs is 1. The summed E-state index contributed by atoms with van der Waals surface area (Å²) in [6.45, 7) is 1.32. The van der Waals surface area contributed by atoms with Gasteiger partial charge in [-0.2, -0.15) is 0 Å². The summed E-state index contributed by atoms with van der Waals surface area (Å²) in [6.07, 6.45) is 0. The molecule has 1 aliphatic rings. The highest BCUT2D eigenvalue weighted by atomic mass is 16.6. The van der Waals surface area contributed by atoms with E-state index in [1.54, 1.807) is 13.1 Å². The van der Waals surface area contributed by atoms with Crippen molar-refractivity contribution in [2.24, 2.45) is 0 Å². The van der Waals surface area contributed by atoms with E-state index in [2.05, 4.69) is 10.6 Å². The summed E-state index contributed by atoms with van der Waals surface area (Å²) in [5.41, 5.74) is 0.650. The van der Waals surface area contributed by atoms with Gasteiger partial charge in [-0.25, -0.2) is 0 Å². The van der Waals surface area contributed by atoms with E-state index in [4.69, 9.17) is 9.47 Å². The Morgan fingerprint density at radius 2 is 2.19 bits per heavy atom. The van der Waals surface area contributed by atoms with Crippen LogP contribution in [0.15, 0.2) is 18.2 Å². The van der Waals surface area contributed by atoms with Gasteiger partial charge in [0.15, 0.2) is 11.5 Å². The van der Waals surface area contributed by atoms with E-state index in [1.807, 2.05) is 12.1 Å². The third kappa shape index (κ3) is 2.25. The van der Waals surface area contributed by atoms with Gasteiger partial charge >= 0.3 is 0 Å². The highest BCUT2D eigenvalue weighted by Crippen LogP contribution is 2.37. The fourth-order valence-corrected chi connectivity index (χ4v) is 1.53. The molecule has 1 amide bonds. The highest BCUT2D eigenvalue weighted by molar-refractivity contribution is 5.94. The van der Waals surface area contributed by atoms with Gasteiger partial charge in [-0.05, 0) is 19.2 Å². The number of hydrogen-bond donors (Lipinski definition) is 2. The summed E-state index contributed by atoms with van der Waals surface area (Å²) in [6, 6.07) is 5.44. The Bertz CT molecular complexity index is 393. The van der Waals surface area contributed by atoms with Crippen LogP contribution in [-0.4, -0.2) is 32.7 Å². The number of benzene rings is 1. The van der Waals surface area contributed by atoms with Crippen LogP contribution >= 0.6 is 0 Å². The lowest BCUT2D eigenvalue weighted by molar-refractivity contribution is -0.115. The van der Waals surface area contributed by atoms with Gasteiger partial charge in [0.25, 0.3) is 0 Å². The van der Waals surface area contributed by atoms with Crippen molar-refractivity contribution in [2.75, 3.05) is 32.1 Å². The minimum atomic E-state index is -0.106. The number of carbonyl (C=O) groups excluding carboxylic acids is 1. The maximum absolute atomic E-state index is 11.4. The van der Waals surface area contributed by atoms with Crippen LogP contribution in [0.4, 0.5) is 5.69 Å². The first-order chi connectivity index (χ1) is 7.81. The fourth-order valence-electron chi connectivity index (χ4n) is 1.53. The SMILES string of the molecule is CNCC(=O)Nc1cccc2c1OCCO2. The Morgan fingerprint density at radius 1 is 1.38 bits per heavy atom. The van der Waals surface area contributed by atoms with Gasteiger partial charge in [0.05, 0.1) is 12.2 Å². The Labute approximate surface area is 93.7 Å². The maximum atomic E-state index is 11.4. The van der Waals surface area contributed by atoms with E-state index in [1.165, 1.54) is 0 Å². The number of nitrogens with one attached hydrogen (secondary N) is 2. The van der Waals surface area contributed by atoms with E-state index < -0.39 is 0 Å². The van der Waals surface area contributed by atoms with Crippen molar-refractivity contribution < 1.29 is 14.3 Å². The van der Waals surface area contributed by atoms with Crippen molar-refractivity contribution in [3.63, 3.8) is 0 Å². The molecule has 0 radical (unpaired) electrons. The fraction of sp³-hybridized carbons (Fsp3) is 0.364. The molecule has 0 atom stereocenters. The van der Waals surface area contributed by atoms with E-state index in [9.17, 15) is 4.79 Å². The molecule has 1 aromatic carbocycles. The topological polar surface area (TPSA) is 59.6 Å². The quantitative estimate of drug-likeness (QED) is 0.787. The number of para-hydroxylation sites is 1. The van der Waals surface area contributed by atoms with Crippen LogP contribution in [0.5, 0.6) is 11.5 Å². The lowest BCUT2D eigenvalue weighted by Gasteiger charge is -2.20. The first-order valence-corrected chi connectivity index (χ1v) is 5.14. The third-order valence-corrected chi connectivity index (χ3v) is 2.18. The van der Waals surface area contributed by atoms with Gasteiger partial charge in [0.2, 0.25) is 5.91 Å². The number of hydrogen-bond acceptors (Lipinski definition) is 4. The molecule has 0 saturated carbocycles. The molecule has 86 valence electrons. The summed E-state index contributed by atoms with van der Waals surface area (Å²) in [4.78, 5) is 11.4. The number of rotatable bonds is 3. The molecule has 1 aliphatic heterocycles. The van der Waals surface area contributed by atoms with Crippen molar-refractivity contribution in [3.8, 4) is 11.5 Å². The lowest BCUT2D eigenvalue weighted by Crippen LogP contribution is -2.26. The molecule has 0 bridgehead atoms. The molecule has 0 fully saturated rings. The van der Waals surface area contributed by atoms with Crippen LogP contribution in [0.3, 0.4) is 0 Å². The van der Waals surface area contributed by atoms with Crippen molar-refractivity contribution >= 4 is 11.6 Å². The van der Waals surface area contributed by atoms with E-state index in [0.29, 0.717) is 30.4 Å². The molecular formula is C11H14N2O3. The molecule has 0 spiro atoms. The molecule has 5 nitrogen and oxygen atoms in total. The highest BCUT2D eigenvalue weighted by Gasteiger charge is 2.16. The number of likely N-dealkylation sites (N-methyl/N-ethyl adjacent to an activating group) is 1. The first kappa shape index (κ1) is 10.8. The molecule has 1 heterocycles. The molecule has 5 heteroatoms. The number of carbonyl (C=O) groups is 1. The molecule has 0 unspecified atom stereocenters. The largest absolute Gasteiger partial charge is 0.486 e. The minimum absolute atomic E-state index is 0.106. The van der Waals surface area contributed by atoms with Gasteiger partial charge in [0, 0.05) is 0 Å². The van der Waals surface area contributed by atoms with Crippen molar-refractivity contribution in [2.45, 2.75) is 0 Å². The molecule has 1 aromatic rings. The van der Waals surface area contributed by atoms with Crippen LogP contribution in [-0.2, 0) is 4.79 Å². The van der Waals surface area contributed by atoms with E-state index >= 15 is 0 Å². The Hall–Kier alpha value is -1.75. The van der Waals surface area contributed by atoms with Crippen LogP contribution in [0, 0.1) is 0 Å². The molecule has 16 heavy (non-hydrogen) atoms. The van der Waals surface area contributed by atoms with Gasteiger partial charge < -0.3 is 20.1 Å². The predicted octanol–water partition coefficient (Wildman–Crippen LogP) is 0.616. The molecule has 2 rings (SSSR count). The second-order valence-corrected chi connectivity index (χ2v) is 3.41. The Balaban J connectivity index is 2.17. The molecule has 0 aliphatic carbocycles. The monoisotopic (exact) mass is 222 g/mol. The molecular weight excluding hydrogens is 208 g/mol. The lowest BCUT2D eigenvalue weighted by atomic mass is 10.2. The molecule has 2 N–H and O–H groups in total. The van der Waals surface area contributed by atoms with Gasteiger partial charge in [-0.3, -0.25) is 4.79 Å². The van der Waals surface area contributed by atoms with Crippen molar-refractivity contribution in [3.05, 3.63) is 18.2 Å². The zero-order valence-electron chi connectivity index (χ0n) is 9.08. The second-order valence-electron chi connectivity index (χ2n) is 3.41. The average Bonchev–Trinajstić information content (AvgIpc) is 2.30. The Morgan fingerprint density at radius 3 is 3.00 bits per heavy atom. The van der Waals surface area contributed by atoms with Crippen LogP contribution in [0.1, 0.15) is 0 Å². The summed E-state index contributed by atoms with van der Waals surface area (Å²) in [7, 11) is 1.72. The first-order valence-electron chi connectivity index (χ1n) is 5.14. The van der Waals surface area contributed by atoms with Crippen LogP contribution < -0.4 is 20.1 Å². The summed E-state index contributed by atoms with van der Waals surface area (Å²) in [5.74, 6) is 1.18. The number of amides is 1. The summed E-state index contributed by atoms with van der Waals surface area (Å²) >= 11 is 0. The Kier molecular flexibility index (Phi) is 3.26. The molecule has 0 saturated heterocycles. The van der Waals surface area contributed by atoms with E-state index in [0.717, 1.165) is 0 Å². The molecule has 0 aromatic heterocycles. The average molecular weight is 222 g/mol. The number of ether oxygens (including phenoxy) is 2. The third-order valence-electron chi connectivity index (χ3n) is 2.18. The summed E-state index contributed by atoms with van der Waals surface area (Å²) in [5, 5.41) is 5.55. The standard InChI is InChI=1S/C11H14N2O3/c1-12-7-10(14)13-8-3-2-4-9-11(8)16-6-5-15-9/h2-4,12H,5-7H2,1H3,(H,13,14). The van der Waals surface area contributed by atoms with Crippen molar-refractivity contribution in [1.29, 1.82) is 0 Å². The van der Waals surface area contributed by atoms with Gasteiger partial charge in [0.1, 0.15) is 13.2 Å². The van der Waals surface area contributed by atoms with Gasteiger partial charge in [-0.1, -0.05) is 6.07 Å². The summed E-state index contributed by atoms with van der Waals surface area (Å²) < 4.78 is 10.9. The normalized spacial score (nSPS) is 13.3. The van der Waals surface area contributed by atoms with Crippen LogP contribution in [0.2, 0.25) is 0 Å². The van der Waals surface area contributed by atoms with E-state index in [-0.39, 0.29) is 12.5 Å². The number of anilines is 1. The van der Waals surface area contributed by atoms with Crippen molar-refractivity contribution in [1.82, 2.24) is 5.32 Å². The smallest absolute Gasteiger partial charge is 0.238 e. The van der Waals surface area contributed by atoms with Crippen LogP contribution in [0.25, 0.3) is 0 Å². The second kappa shape index (κ2) is 4.85. The zero-order chi connectivity index (χ0) is 11.4.